The summed E-state index contributed by atoms with van der Waals surface area (Å²) < 4.78 is 87.3. The fraction of sp³-hybridized carbons (Fsp3) is 0.360. The third-order valence-electron chi connectivity index (χ3n) is 6.10. The number of rotatable bonds is 7. The average Bonchev–Trinajstić information content (AvgIpc) is 2.79. The van der Waals surface area contributed by atoms with E-state index in [1.165, 1.54) is 17.7 Å². The summed E-state index contributed by atoms with van der Waals surface area (Å²) in [5.41, 5.74) is -4.78. The van der Waals surface area contributed by atoms with Crippen molar-refractivity contribution in [2.24, 2.45) is 5.92 Å². The normalized spacial score (nSPS) is 13.3. The lowest BCUT2D eigenvalue weighted by Crippen LogP contribution is -2.25. The summed E-state index contributed by atoms with van der Waals surface area (Å²) in [6, 6.07) is 2.81. The highest BCUT2D eigenvalue weighted by Gasteiger charge is 2.37. The first kappa shape index (κ1) is 28.0. The van der Waals surface area contributed by atoms with Crippen molar-refractivity contribution in [2.45, 2.75) is 38.7 Å². The molecule has 0 spiro atoms. The number of pyridine rings is 1. The van der Waals surface area contributed by atoms with E-state index in [-0.39, 0.29) is 28.1 Å². The van der Waals surface area contributed by atoms with Crippen LogP contribution in [0, 0.1) is 5.92 Å². The molecule has 3 rings (SSSR count). The molecule has 3 aromatic rings. The van der Waals surface area contributed by atoms with Gasteiger partial charge in [-0.1, -0.05) is 13.8 Å². The van der Waals surface area contributed by atoms with Crippen molar-refractivity contribution in [3.8, 4) is 5.75 Å². The maximum atomic E-state index is 13.6. The minimum atomic E-state index is -4.96. The summed E-state index contributed by atoms with van der Waals surface area (Å²) in [7, 11) is 1.20. The smallest absolute Gasteiger partial charge is 0.416 e. The Morgan fingerprint density at radius 2 is 1.68 bits per heavy atom. The van der Waals surface area contributed by atoms with Gasteiger partial charge in [-0.25, -0.2) is 4.79 Å². The summed E-state index contributed by atoms with van der Waals surface area (Å²) in [5.74, 6) is -1.81. The molecule has 0 radical (unpaired) electrons. The monoisotopic (exact) mass is 531 g/mol. The summed E-state index contributed by atoms with van der Waals surface area (Å²) in [5, 5.41) is 19.3. The highest BCUT2D eigenvalue weighted by Crippen LogP contribution is 2.39. The molecule has 0 amide bonds. The number of carbonyl (C=O) groups is 1. The maximum absolute atomic E-state index is 13.6. The van der Waals surface area contributed by atoms with Crippen LogP contribution in [-0.2, 0) is 18.8 Å². The number of nitrogens with zero attached hydrogens (tertiary/aromatic N) is 1. The number of aromatic carboxylic acids is 1. The number of methoxy groups -OCH3 is 1. The van der Waals surface area contributed by atoms with Crippen LogP contribution in [0.5, 0.6) is 5.75 Å². The molecule has 37 heavy (non-hydrogen) atoms. The van der Waals surface area contributed by atoms with Crippen molar-refractivity contribution >= 4 is 16.9 Å². The first-order chi connectivity index (χ1) is 17.1. The SMILES string of the molecule is COc1cc2c(cc1Cc1cc(C(F)(F)F)ccc1C(F)(F)F)c(=O)c(C(=O)O)cn2[C@H](CO)C(C)C. The molecule has 0 aliphatic heterocycles. The molecule has 200 valence electrons. The Hall–Kier alpha value is -3.54. The van der Waals surface area contributed by atoms with E-state index < -0.39 is 65.1 Å². The lowest BCUT2D eigenvalue weighted by molar-refractivity contribution is -0.141. The molecule has 0 unspecified atom stereocenters. The number of fused-ring (bicyclic) bond motifs is 1. The van der Waals surface area contributed by atoms with E-state index in [1.807, 2.05) is 0 Å². The fourth-order valence-electron chi connectivity index (χ4n) is 4.19. The minimum Gasteiger partial charge on any atom is -0.496 e. The number of ether oxygens (including phenoxy) is 1. The van der Waals surface area contributed by atoms with Gasteiger partial charge in [-0.15, -0.1) is 0 Å². The summed E-state index contributed by atoms with van der Waals surface area (Å²) >= 11 is 0. The second-order valence-electron chi connectivity index (χ2n) is 8.80. The molecular formula is C25H23F6NO5. The molecule has 0 aliphatic rings. The first-order valence-corrected chi connectivity index (χ1v) is 11.0. The van der Waals surface area contributed by atoms with Gasteiger partial charge in [0.25, 0.3) is 0 Å². The molecule has 1 heterocycles. The molecule has 0 fully saturated rings. The standard InChI is InChI=1S/C25H23F6NO5/c1-12(2)20(11-33)32-10-17(23(35)36)22(34)16-8-14(21(37-3)9-19(16)32)6-13-7-15(24(26,27)28)4-5-18(13)25(29,30)31/h4-5,7-10,12,20,33H,6,11H2,1-3H3,(H,35,36)/t20-/m1/s1. The Balaban J connectivity index is 2.35. The van der Waals surface area contributed by atoms with Crippen LogP contribution in [0.4, 0.5) is 26.3 Å². The van der Waals surface area contributed by atoms with Gasteiger partial charge in [0.15, 0.2) is 0 Å². The van der Waals surface area contributed by atoms with Gasteiger partial charge >= 0.3 is 18.3 Å². The number of hydrogen-bond donors (Lipinski definition) is 2. The predicted molar refractivity (Wildman–Crippen MR) is 122 cm³/mol. The van der Waals surface area contributed by atoms with Crippen LogP contribution < -0.4 is 10.2 Å². The maximum Gasteiger partial charge on any atom is 0.416 e. The van der Waals surface area contributed by atoms with Crippen LogP contribution in [0.15, 0.2) is 41.3 Å². The third kappa shape index (κ3) is 5.58. The number of halogens is 6. The highest BCUT2D eigenvalue weighted by molar-refractivity contribution is 5.93. The summed E-state index contributed by atoms with van der Waals surface area (Å²) in [6.45, 7) is 3.09. The average molecular weight is 531 g/mol. The molecule has 1 aromatic heterocycles. The van der Waals surface area contributed by atoms with E-state index in [2.05, 4.69) is 0 Å². The molecule has 2 aromatic carbocycles. The minimum absolute atomic E-state index is 0.0327. The highest BCUT2D eigenvalue weighted by atomic mass is 19.4. The number of carboxylic acids is 1. The number of aromatic nitrogens is 1. The van der Waals surface area contributed by atoms with Crippen LogP contribution in [0.2, 0.25) is 0 Å². The zero-order valence-electron chi connectivity index (χ0n) is 19.9. The van der Waals surface area contributed by atoms with Crippen molar-refractivity contribution < 1.29 is 46.1 Å². The Morgan fingerprint density at radius 1 is 1.03 bits per heavy atom. The van der Waals surface area contributed by atoms with E-state index in [9.17, 15) is 46.1 Å². The van der Waals surface area contributed by atoms with Crippen LogP contribution in [0.25, 0.3) is 10.9 Å². The van der Waals surface area contributed by atoms with Crippen LogP contribution in [-0.4, -0.2) is 34.5 Å². The molecule has 0 saturated carbocycles. The lowest BCUT2D eigenvalue weighted by Gasteiger charge is -2.25. The molecular weight excluding hydrogens is 508 g/mol. The summed E-state index contributed by atoms with van der Waals surface area (Å²) in [6.07, 6.45) is -9.48. The van der Waals surface area contributed by atoms with Crippen molar-refractivity contribution in [1.29, 1.82) is 0 Å². The number of benzene rings is 2. The van der Waals surface area contributed by atoms with Gasteiger partial charge in [-0.2, -0.15) is 26.3 Å². The van der Waals surface area contributed by atoms with E-state index in [1.54, 1.807) is 13.8 Å². The van der Waals surface area contributed by atoms with Crippen LogP contribution in [0.3, 0.4) is 0 Å². The first-order valence-electron chi connectivity index (χ1n) is 11.0. The van der Waals surface area contributed by atoms with Gasteiger partial charge in [-0.3, -0.25) is 4.79 Å². The Labute approximate surface area is 206 Å². The number of aliphatic hydroxyl groups is 1. The molecule has 0 bridgehead atoms. The molecule has 6 nitrogen and oxygen atoms in total. The number of aliphatic hydroxyl groups excluding tert-OH is 1. The Bertz CT molecular complexity index is 1390. The summed E-state index contributed by atoms with van der Waals surface area (Å²) in [4.78, 5) is 24.7. The molecule has 1 atom stereocenters. The van der Waals surface area contributed by atoms with Crippen molar-refractivity contribution in [3.05, 3.63) is 74.6 Å². The zero-order chi connectivity index (χ0) is 27.9. The Kier molecular flexibility index (Phi) is 7.64. The van der Waals surface area contributed by atoms with Crippen molar-refractivity contribution in [2.75, 3.05) is 13.7 Å². The molecule has 2 N–H and O–H groups in total. The van der Waals surface area contributed by atoms with Gasteiger partial charge in [0.05, 0.1) is 36.4 Å². The van der Waals surface area contributed by atoms with E-state index in [4.69, 9.17) is 4.74 Å². The van der Waals surface area contributed by atoms with E-state index in [0.29, 0.717) is 18.2 Å². The number of alkyl halides is 6. The third-order valence-corrected chi connectivity index (χ3v) is 6.10. The molecule has 0 saturated heterocycles. The lowest BCUT2D eigenvalue weighted by atomic mass is 9.94. The topological polar surface area (TPSA) is 88.8 Å². The predicted octanol–water partition coefficient (Wildman–Crippen LogP) is 5.53. The van der Waals surface area contributed by atoms with Gasteiger partial charge in [0.1, 0.15) is 11.3 Å². The van der Waals surface area contributed by atoms with Crippen LogP contribution >= 0.6 is 0 Å². The largest absolute Gasteiger partial charge is 0.496 e. The second-order valence-corrected chi connectivity index (χ2v) is 8.80. The van der Waals surface area contributed by atoms with Gasteiger partial charge < -0.3 is 19.5 Å². The fourth-order valence-corrected chi connectivity index (χ4v) is 4.19. The van der Waals surface area contributed by atoms with E-state index in [0.717, 1.165) is 12.3 Å². The Morgan fingerprint density at radius 3 is 2.16 bits per heavy atom. The van der Waals surface area contributed by atoms with Crippen molar-refractivity contribution in [3.63, 3.8) is 0 Å². The molecule has 0 aliphatic carbocycles. The number of carboxylic acid groups (broad SMARTS) is 1. The van der Waals surface area contributed by atoms with E-state index >= 15 is 0 Å². The van der Waals surface area contributed by atoms with Crippen molar-refractivity contribution in [1.82, 2.24) is 4.57 Å². The van der Waals surface area contributed by atoms with Gasteiger partial charge in [0.2, 0.25) is 5.43 Å². The van der Waals surface area contributed by atoms with Gasteiger partial charge in [0, 0.05) is 24.1 Å². The van der Waals surface area contributed by atoms with Crippen LogP contribution in [0.1, 0.15) is 52.5 Å². The van der Waals surface area contributed by atoms with Gasteiger partial charge in [-0.05, 0) is 41.3 Å². The molecule has 12 heteroatoms. The zero-order valence-corrected chi connectivity index (χ0v) is 19.9. The number of hydrogen-bond acceptors (Lipinski definition) is 4. The quantitative estimate of drug-likeness (QED) is 0.392. The second kappa shape index (κ2) is 10.1.